The van der Waals surface area contributed by atoms with Gasteiger partial charge in [-0.25, -0.2) is 0 Å². The van der Waals surface area contributed by atoms with Crippen molar-refractivity contribution in [3.8, 4) is 28.4 Å². The summed E-state index contributed by atoms with van der Waals surface area (Å²) in [5.41, 5.74) is 3.92. The molecule has 2 heterocycles. The van der Waals surface area contributed by atoms with E-state index < -0.39 is 0 Å². The molecule has 0 aliphatic rings. The van der Waals surface area contributed by atoms with Crippen LogP contribution in [0.15, 0.2) is 59.1 Å². The van der Waals surface area contributed by atoms with Crippen molar-refractivity contribution in [3.63, 3.8) is 0 Å². The summed E-state index contributed by atoms with van der Waals surface area (Å²) in [7, 11) is 1.64. The average molecular weight is 361 g/mol. The standard InChI is InChI=1S/C20H19N5O2/c1-3-14-4-6-16(7-5-14)20-21-24-25(22-20)13-18-12-19(23-27-18)15-8-10-17(26-2)11-9-15/h4-12H,3,13H2,1-2H3. The zero-order chi connectivity index (χ0) is 18.6. The molecule has 0 radical (unpaired) electrons. The van der Waals surface area contributed by atoms with Gasteiger partial charge in [0.05, 0.1) is 7.11 Å². The molecule has 7 heteroatoms. The van der Waals surface area contributed by atoms with Gasteiger partial charge in [-0.05, 0) is 41.5 Å². The Labute approximate surface area is 156 Å². The molecule has 0 amide bonds. The van der Waals surface area contributed by atoms with Crippen molar-refractivity contribution in [2.75, 3.05) is 7.11 Å². The Morgan fingerprint density at radius 1 is 1.00 bits per heavy atom. The van der Waals surface area contributed by atoms with E-state index in [0.717, 1.165) is 29.0 Å². The molecule has 4 rings (SSSR count). The van der Waals surface area contributed by atoms with E-state index in [1.54, 1.807) is 7.11 Å². The number of nitrogens with zero attached hydrogens (tertiary/aromatic N) is 5. The third-order valence-corrected chi connectivity index (χ3v) is 4.32. The van der Waals surface area contributed by atoms with Gasteiger partial charge in [0, 0.05) is 17.2 Å². The highest BCUT2D eigenvalue weighted by molar-refractivity contribution is 5.59. The van der Waals surface area contributed by atoms with E-state index in [1.165, 1.54) is 10.4 Å². The molecule has 4 aromatic rings. The van der Waals surface area contributed by atoms with E-state index in [-0.39, 0.29) is 0 Å². The molecule has 136 valence electrons. The molecule has 2 aromatic carbocycles. The van der Waals surface area contributed by atoms with Crippen LogP contribution in [0.2, 0.25) is 0 Å². The number of methoxy groups -OCH3 is 1. The number of benzene rings is 2. The Balaban J connectivity index is 1.48. The Hall–Kier alpha value is -3.48. The van der Waals surface area contributed by atoms with Crippen molar-refractivity contribution >= 4 is 0 Å². The summed E-state index contributed by atoms with van der Waals surface area (Å²) in [6.07, 6.45) is 1.00. The summed E-state index contributed by atoms with van der Waals surface area (Å²) >= 11 is 0. The molecule has 0 aliphatic heterocycles. The second-order valence-electron chi connectivity index (χ2n) is 6.10. The zero-order valence-corrected chi connectivity index (χ0v) is 15.2. The Morgan fingerprint density at radius 2 is 1.74 bits per heavy atom. The minimum absolute atomic E-state index is 0.364. The van der Waals surface area contributed by atoms with E-state index in [2.05, 4.69) is 39.6 Å². The summed E-state index contributed by atoms with van der Waals surface area (Å²) in [4.78, 5) is 1.50. The van der Waals surface area contributed by atoms with Crippen molar-refractivity contribution < 1.29 is 9.26 Å². The van der Waals surface area contributed by atoms with Crippen LogP contribution in [0, 0.1) is 0 Å². The highest BCUT2D eigenvalue weighted by Gasteiger charge is 2.11. The second kappa shape index (κ2) is 7.41. The second-order valence-corrected chi connectivity index (χ2v) is 6.10. The van der Waals surface area contributed by atoms with Crippen molar-refractivity contribution in [3.05, 3.63) is 65.9 Å². The Morgan fingerprint density at radius 3 is 2.44 bits per heavy atom. The first kappa shape index (κ1) is 17.0. The lowest BCUT2D eigenvalue weighted by Crippen LogP contribution is -2.03. The normalized spacial score (nSPS) is 10.9. The SMILES string of the molecule is CCc1ccc(-c2nnn(Cc3cc(-c4ccc(OC)cc4)no3)n2)cc1. The fourth-order valence-electron chi connectivity index (χ4n) is 2.74. The van der Waals surface area contributed by atoms with E-state index >= 15 is 0 Å². The Bertz CT molecular complexity index is 935. The summed E-state index contributed by atoms with van der Waals surface area (Å²) < 4.78 is 10.6. The summed E-state index contributed by atoms with van der Waals surface area (Å²) in [6, 6.07) is 17.7. The summed E-state index contributed by atoms with van der Waals surface area (Å²) in [6.45, 7) is 2.49. The lowest BCUT2D eigenvalue weighted by molar-refractivity contribution is 0.364. The predicted molar refractivity (Wildman–Crippen MR) is 100 cm³/mol. The van der Waals surface area contributed by atoms with Crippen LogP contribution in [0.1, 0.15) is 18.2 Å². The van der Waals surface area contributed by atoms with Crippen LogP contribution < -0.4 is 4.74 Å². The van der Waals surface area contributed by atoms with E-state index in [9.17, 15) is 0 Å². The van der Waals surface area contributed by atoms with E-state index in [4.69, 9.17) is 9.26 Å². The molecule has 0 aliphatic carbocycles. The van der Waals surface area contributed by atoms with Gasteiger partial charge in [0.1, 0.15) is 18.0 Å². The minimum Gasteiger partial charge on any atom is -0.497 e. The van der Waals surface area contributed by atoms with Crippen LogP contribution in [-0.4, -0.2) is 32.5 Å². The van der Waals surface area contributed by atoms with E-state index in [0.29, 0.717) is 18.1 Å². The van der Waals surface area contributed by atoms with Crippen molar-refractivity contribution in [2.24, 2.45) is 0 Å². The van der Waals surface area contributed by atoms with Gasteiger partial charge >= 0.3 is 0 Å². The third-order valence-electron chi connectivity index (χ3n) is 4.32. The van der Waals surface area contributed by atoms with Gasteiger partial charge in [0.15, 0.2) is 5.76 Å². The van der Waals surface area contributed by atoms with Crippen LogP contribution in [-0.2, 0) is 13.0 Å². The fraction of sp³-hybridized carbons (Fsp3) is 0.200. The third kappa shape index (κ3) is 3.72. The first-order valence-corrected chi connectivity index (χ1v) is 8.72. The number of aryl methyl sites for hydroxylation is 1. The molecule has 0 bridgehead atoms. The molecule has 0 saturated heterocycles. The van der Waals surface area contributed by atoms with Gasteiger partial charge in [0.25, 0.3) is 0 Å². The number of hydrogen-bond donors (Lipinski definition) is 0. The molecule has 2 aromatic heterocycles. The summed E-state index contributed by atoms with van der Waals surface area (Å²) in [5, 5.41) is 16.8. The monoisotopic (exact) mass is 361 g/mol. The molecule has 0 unspecified atom stereocenters. The number of rotatable bonds is 6. The molecule has 0 N–H and O–H groups in total. The first-order chi connectivity index (χ1) is 13.2. The van der Waals surface area contributed by atoms with Crippen LogP contribution in [0.4, 0.5) is 0 Å². The average Bonchev–Trinajstić information content (AvgIpc) is 3.38. The van der Waals surface area contributed by atoms with Crippen molar-refractivity contribution in [1.82, 2.24) is 25.4 Å². The largest absolute Gasteiger partial charge is 0.497 e. The number of ether oxygens (including phenoxy) is 1. The van der Waals surface area contributed by atoms with Gasteiger partial charge in [-0.3, -0.25) is 0 Å². The maximum atomic E-state index is 5.41. The molecule has 7 nitrogen and oxygen atoms in total. The van der Waals surface area contributed by atoms with Crippen LogP contribution in [0.3, 0.4) is 0 Å². The smallest absolute Gasteiger partial charge is 0.204 e. The highest BCUT2D eigenvalue weighted by atomic mass is 16.5. The van der Waals surface area contributed by atoms with Crippen LogP contribution in [0.5, 0.6) is 5.75 Å². The molecule has 27 heavy (non-hydrogen) atoms. The van der Waals surface area contributed by atoms with Gasteiger partial charge in [-0.2, -0.15) is 4.80 Å². The van der Waals surface area contributed by atoms with Gasteiger partial charge in [0.2, 0.25) is 5.82 Å². The van der Waals surface area contributed by atoms with Gasteiger partial charge < -0.3 is 9.26 Å². The molecule has 0 atom stereocenters. The van der Waals surface area contributed by atoms with Crippen molar-refractivity contribution in [2.45, 2.75) is 19.9 Å². The molecular weight excluding hydrogens is 342 g/mol. The highest BCUT2D eigenvalue weighted by Crippen LogP contribution is 2.22. The fourth-order valence-corrected chi connectivity index (χ4v) is 2.74. The predicted octanol–water partition coefficient (Wildman–Crippen LogP) is 3.61. The topological polar surface area (TPSA) is 78.9 Å². The van der Waals surface area contributed by atoms with Crippen LogP contribution in [0.25, 0.3) is 22.6 Å². The number of hydrogen-bond acceptors (Lipinski definition) is 6. The Kier molecular flexibility index (Phi) is 4.65. The van der Waals surface area contributed by atoms with Gasteiger partial charge in [-0.1, -0.05) is 36.3 Å². The molecule has 0 spiro atoms. The molecule has 0 fully saturated rings. The van der Waals surface area contributed by atoms with Crippen molar-refractivity contribution in [1.29, 1.82) is 0 Å². The maximum Gasteiger partial charge on any atom is 0.204 e. The van der Waals surface area contributed by atoms with Crippen LogP contribution >= 0.6 is 0 Å². The quantitative estimate of drug-likeness (QED) is 0.522. The lowest BCUT2D eigenvalue weighted by atomic mass is 10.1. The number of aromatic nitrogens is 5. The van der Waals surface area contributed by atoms with Gasteiger partial charge in [-0.15, -0.1) is 10.2 Å². The first-order valence-electron chi connectivity index (χ1n) is 8.72. The zero-order valence-electron chi connectivity index (χ0n) is 15.2. The number of tetrazole rings is 1. The summed E-state index contributed by atoms with van der Waals surface area (Å²) in [5.74, 6) is 2.05. The minimum atomic E-state index is 0.364. The van der Waals surface area contributed by atoms with E-state index in [1.807, 2.05) is 42.5 Å². The molecule has 0 saturated carbocycles. The maximum absolute atomic E-state index is 5.41. The molecular formula is C20H19N5O2. The lowest BCUT2D eigenvalue weighted by Gasteiger charge is -1.99.